The maximum absolute atomic E-state index is 14.4. The summed E-state index contributed by atoms with van der Waals surface area (Å²) in [5.74, 6) is -1.14. The number of rotatable bonds is 12. The Morgan fingerprint density at radius 3 is 2.24 bits per heavy atom. The number of para-hydroxylation sites is 3. The van der Waals surface area contributed by atoms with Gasteiger partial charge in [0.1, 0.15) is 6.04 Å². The molecule has 2 aromatic rings. The van der Waals surface area contributed by atoms with Crippen LogP contribution in [0.4, 0.5) is 17.1 Å². The zero-order valence-electron chi connectivity index (χ0n) is 25.1. The van der Waals surface area contributed by atoms with Crippen LogP contribution in [0.25, 0.3) is 0 Å². The number of nitrogens with two attached hydrogens (primary N) is 1. The third-order valence-electron chi connectivity index (χ3n) is 8.78. The number of fused-ring (bicyclic) bond motifs is 1. The second-order valence-corrected chi connectivity index (χ2v) is 12.3. The Balaban J connectivity index is 1.69. The standard InChI is InChI=1S/C34H48N4O3/c1-4-13-27(32(35)39)28(22-24(2)3)33(40)36-29-23-38(26-16-9-6-10-17-26)31-19-12-11-18-30(31)37(34(29)41)21-20-25-14-7-5-8-15-25/h6,9-12,16-19,24-25,27-29H,4-5,7-8,13-15,20-23H2,1-3H3,(H2,35,39)(H,36,40)/t27-,28+,29?/m0/s1. The van der Waals surface area contributed by atoms with Crippen LogP contribution in [0.5, 0.6) is 0 Å². The van der Waals surface area contributed by atoms with Crippen LogP contribution in [-0.2, 0) is 14.4 Å². The summed E-state index contributed by atoms with van der Waals surface area (Å²) in [5, 5.41) is 3.13. The molecule has 7 heteroatoms. The molecule has 1 saturated carbocycles. The van der Waals surface area contributed by atoms with E-state index in [9.17, 15) is 14.4 Å². The second-order valence-electron chi connectivity index (χ2n) is 12.3. The van der Waals surface area contributed by atoms with Crippen molar-refractivity contribution in [1.29, 1.82) is 0 Å². The van der Waals surface area contributed by atoms with Gasteiger partial charge in [0, 0.05) is 24.1 Å². The predicted octanol–water partition coefficient (Wildman–Crippen LogP) is 6.19. The number of hydrogen-bond acceptors (Lipinski definition) is 4. The fraction of sp³-hybridized carbons (Fsp3) is 0.559. The molecule has 1 aliphatic carbocycles. The molecule has 0 aromatic heterocycles. The van der Waals surface area contributed by atoms with Crippen molar-refractivity contribution in [3.63, 3.8) is 0 Å². The van der Waals surface area contributed by atoms with Crippen LogP contribution < -0.4 is 20.9 Å². The number of primary amides is 1. The lowest BCUT2D eigenvalue weighted by Crippen LogP contribution is -2.54. The lowest BCUT2D eigenvalue weighted by molar-refractivity contribution is -0.136. The van der Waals surface area contributed by atoms with Crippen molar-refractivity contribution in [2.75, 3.05) is 22.9 Å². The van der Waals surface area contributed by atoms with Crippen LogP contribution in [-0.4, -0.2) is 36.9 Å². The van der Waals surface area contributed by atoms with Crippen LogP contribution in [0.1, 0.15) is 78.6 Å². The summed E-state index contributed by atoms with van der Waals surface area (Å²) in [6.07, 6.45) is 9.02. The summed E-state index contributed by atoms with van der Waals surface area (Å²) in [6.45, 7) is 7.00. The van der Waals surface area contributed by atoms with Crippen LogP contribution in [0.15, 0.2) is 54.6 Å². The Kier molecular flexibility index (Phi) is 10.8. The summed E-state index contributed by atoms with van der Waals surface area (Å²) in [6, 6.07) is 17.3. The fourth-order valence-corrected chi connectivity index (χ4v) is 6.66. The van der Waals surface area contributed by atoms with E-state index >= 15 is 0 Å². The fourth-order valence-electron chi connectivity index (χ4n) is 6.66. The molecule has 3 N–H and O–H groups in total. The monoisotopic (exact) mass is 560 g/mol. The van der Waals surface area contributed by atoms with Gasteiger partial charge in [-0.1, -0.05) is 89.6 Å². The van der Waals surface area contributed by atoms with Crippen molar-refractivity contribution in [2.24, 2.45) is 29.4 Å². The Morgan fingerprint density at radius 2 is 1.61 bits per heavy atom. The van der Waals surface area contributed by atoms with Crippen LogP contribution >= 0.6 is 0 Å². The van der Waals surface area contributed by atoms with E-state index in [1.165, 1.54) is 32.1 Å². The van der Waals surface area contributed by atoms with Gasteiger partial charge in [-0.3, -0.25) is 14.4 Å². The molecule has 3 atom stereocenters. The topological polar surface area (TPSA) is 95.7 Å². The summed E-state index contributed by atoms with van der Waals surface area (Å²) in [5.41, 5.74) is 8.59. The van der Waals surface area contributed by atoms with Crippen molar-refractivity contribution < 1.29 is 14.4 Å². The van der Waals surface area contributed by atoms with Gasteiger partial charge in [0.05, 0.1) is 17.9 Å². The molecule has 0 bridgehead atoms. The number of amides is 3. The normalized spacial score (nSPS) is 19.4. The average molecular weight is 561 g/mol. The number of anilines is 3. The molecule has 41 heavy (non-hydrogen) atoms. The summed E-state index contributed by atoms with van der Waals surface area (Å²) < 4.78 is 0. The highest BCUT2D eigenvalue weighted by atomic mass is 16.2. The first-order chi connectivity index (χ1) is 19.8. The van der Waals surface area contributed by atoms with Gasteiger partial charge in [0.15, 0.2) is 0 Å². The van der Waals surface area contributed by atoms with E-state index in [0.717, 1.165) is 29.9 Å². The van der Waals surface area contributed by atoms with Crippen molar-refractivity contribution in [2.45, 2.75) is 84.6 Å². The van der Waals surface area contributed by atoms with E-state index in [0.29, 0.717) is 31.8 Å². The third kappa shape index (κ3) is 7.69. The lowest BCUT2D eigenvalue weighted by atomic mass is 9.81. The highest BCUT2D eigenvalue weighted by molar-refractivity contribution is 6.04. The molecule has 222 valence electrons. The Labute approximate surface area is 245 Å². The van der Waals surface area contributed by atoms with E-state index in [1.54, 1.807) is 0 Å². The molecule has 0 saturated heterocycles. The van der Waals surface area contributed by atoms with Gasteiger partial charge in [-0.2, -0.15) is 0 Å². The molecule has 2 aromatic carbocycles. The van der Waals surface area contributed by atoms with Crippen molar-refractivity contribution >= 4 is 34.8 Å². The molecule has 0 spiro atoms. The van der Waals surface area contributed by atoms with Gasteiger partial charge in [-0.25, -0.2) is 0 Å². The van der Waals surface area contributed by atoms with Gasteiger partial charge in [0.2, 0.25) is 11.8 Å². The number of nitrogens with zero attached hydrogens (tertiary/aromatic N) is 2. The molecule has 4 rings (SSSR count). The Morgan fingerprint density at radius 1 is 0.951 bits per heavy atom. The highest BCUT2D eigenvalue weighted by Gasteiger charge is 2.39. The lowest BCUT2D eigenvalue weighted by Gasteiger charge is -2.30. The maximum atomic E-state index is 14.4. The summed E-state index contributed by atoms with van der Waals surface area (Å²) in [4.78, 5) is 44.8. The van der Waals surface area contributed by atoms with Gasteiger partial charge in [-0.15, -0.1) is 0 Å². The van der Waals surface area contributed by atoms with E-state index in [2.05, 4.69) is 16.3 Å². The van der Waals surface area contributed by atoms with Crippen LogP contribution in [0.2, 0.25) is 0 Å². The largest absolute Gasteiger partial charge is 0.369 e. The van der Waals surface area contributed by atoms with Crippen molar-refractivity contribution in [1.82, 2.24) is 5.32 Å². The Bertz CT molecular complexity index is 1160. The van der Waals surface area contributed by atoms with Crippen molar-refractivity contribution in [3.8, 4) is 0 Å². The van der Waals surface area contributed by atoms with Crippen LogP contribution in [0.3, 0.4) is 0 Å². The smallest absolute Gasteiger partial charge is 0.251 e. The van der Waals surface area contributed by atoms with Gasteiger partial charge in [-0.05, 0) is 55.4 Å². The van der Waals surface area contributed by atoms with E-state index in [-0.39, 0.29) is 17.7 Å². The van der Waals surface area contributed by atoms with E-state index in [4.69, 9.17) is 5.73 Å². The number of benzene rings is 2. The zero-order chi connectivity index (χ0) is 29.4. The molecule has 1 aliphatic heterocycles. The van der Waals surface area contributed by atoms with E-state index in [1.807, 2.05) is 74.2 Å². The average Bonchev–Trinajstić information content (AvgIpc) is 3.08. The number of carbonyl (C=O) groups excluding carboxylic acids is 3. The molecule has 7 nitrogen and oxygen atoms in total. The third-order valence-corrected chi connectivity index (χ3v) is 8.78. The molecule has 0 radical (unpaired) electrons. The van der Waals surface area contributed by atoms with Gasteiger partial charge < -0.3 is 20.9 Å². The predicted molar refractivity (Wildman–Crippen MR) is 166 cm³/mol. The number of hydrogen-bond donors (Lipinski definition) is 2. The minimum Gasteiger partial charge on any atom is -0.369 e. The van der Waals surface area contributed by atoms with Crippen LogP contribution in [0, 0.1) is 23.7 Å². The molecule has 2 aliphatic rings. The molecular formula is C34H48N4O3. The first-order valence-corrected chi connectivity index (χ1v) is 15.6. The first kappa shape index (κ1) is 30.6. The first-order valence-electron chi connectivity index (χ1n) is 15.6. The van der Waals surface area contributed by atoms with Gasteiger partial charge >= 0.3 is 0 Å². The molecule has 1 unspecified atom stereocenters. The quantitative estimate of drug-likeness (QED) is 0.324. The Hall–Kier alpha value is -3.35. The number of carbonyl (C=O) groups is 3. The van der Waals surface area contributed by atoms with E-state index < -0.39 is 23.8 Å². The second kappa shape index (κ2) is 14.5. The molecule has 1 fully saturated rings. The summed E-state index contributed by atoms with van der Waals surface area (Å²) in [7, 11) is 0. The molecule has 1 heterocycles. The van der Waals surface area contributed by atoms with Crippen molar-refractivity contribution in [3.05, 3.63) is 54.6 Å². The highest BCUT2D eigenvalue weighted by Crippen LogP contribution is 2.38. The molecule has 3 amide bonds. The van der Waals surface area contributed by atoms with Gasteiger partial charge in [0.25, 0.3) is 5.91 Å². The minimum atomic E-state index is -0.772. The summed E-state index contributed by atoms with van der Waals surface area (Å²) >= 11 is 0. The zero-order valence-corrected chi connectivity index (χ0v) is 25.1. The SMILES string of the molecule is CCC[C@H](C(N)=O)[C@@H](CC(C)C)C(=O)NC1CN(c2ccccc2)c2ccccc2N(CCC2CCCCC2)C1=O. The maximum Gasteiger partial charge on any atom is 0.251 e. The minimum absolute atomic E-state index is 0.102. The molecular weight excluding hydrogens is 512 g/mol. The number of nitrogens with one attached hydrogen (secondary N) is 1.